The highest BCUT2D eigenvalue weighted by molar-refractivity contribution is 5.92. The molecule has 0 aromatic carbocycles. The third-order valence-corrected chi connectivity index (χ3v) is 2.20. The maximum atomic E-state index is 11.5. The number of hydrogen-bond donors (Lipinski definition) is 2. The molecule has 0 saturated heterocycles. The third kappa shape index (κ3) is 4.82. The van der Waals surface area contributed by atoms with E-state index >= 15 is 0 Å². The molecule has 17 heavy (non-hydrogen) atoms. The van der Waals surface area contributed by atoms with Gasteiger partial charge >= 0.3 is 0 Å². The fourth-order valence-electron chi connectivity index (χ4n) is 1.31. The smallest absolute Gasteiger partial charge is 0.238 e. The van der Waals surface area contributed by atoms with Crippen LogP contribution in [0.25, 0.3) is 0 Å². The molecule has 0 fully saturated rings. The predicted molar refractivity (Wildman–Crippen MR) is 70.4 cm³/mol. The number of rotatable bonds is 6. The van der Waals surface area contributed by atoms with Gasteiger partial charge in [0.05, 0.1) is 18.4 Å². The predicted octanol–water partition coefficient (Wildman–Crippen LogP) is 1.09. The Bertz CT molecular complexity index is 348. The Hall–Kier alpha value is -1.62. The normalized spacial score (nSPS) is 10.1. The zero-order valence-electron chi connectivity index (χ0n) is 10.7. The summed E-state index contributed by atoms with van der Waals surface area (Å²) in [5.74, 6) is 0.824. The number of nitrogens with zero attached hydrogens (tertiary/aromatic N) is 2. The summed E-state index contributed by atoms with van der Waals surface area (Å²) in [6.45, 7) is 3.25. The number of anilines is 2. The molecule has 1 aromatic rings. The lowest BCUT2D eigenvalue weighted by Gasteiger charge is -2.11. The molecule has 0 spiro atoms. The number of aromatic nitrogens is 1. The molecule has 1 heterocycles. The van der Waals surface area contributed by atoms with E-state index in [0.717, 1.165) is 24.5 Å². The highest BCUT2D eigenvalue weighted by Gasteiger charge is 2.02. The Kier molecular flexibility index (Phi) is 5.42. The van der Waals surface area contributed by atoms with Crippen LogP contribution in [0.3, 0.4) is 0 Å². The van der Waals surface area contributed by atoms with E-state index < -0.39 is 0 Å². The van der Waals surface area contributed by atoms with Crippen LogP contribution in [-0.4, -0.2) is 38.1 Å². The molecule has 94 valence electrons. The molecule has 0 radical (unpaired) electrons. The summed E-state index contributed by atoms with van der Waals surface area (Å²) < 4.78 is 0. The van der Waals surface area contributed by atoms with E-state index in [-0.39, 0.29) is 5.91 Å². The van der Waals surface area contributed by atoms with Crippen LogP contribution in [0.2, 0.25) is 0 Å². The topological polar surface area (TPSA) is 57.3 Å². The van der Waals surface area contributed by atoms with E-state index in [1.165, 1.54) is 0 Å². The zero-order chi connectivity index (χ0) is 12.7. The summed E-state index contributed by atoms with van der Waals surface area (Å²) in [5.41, 5.74) is 0.721. The molecule has 0 bridgehead atoms. The summed E-state index contributed by atoms with van der Waals surface area (Å²) in [4.78, 5) is 17.6. The minimum atomic E-state index is -0.0437. The van der Waals surface area contributed by atoms with Crippen molar-refractivity contribution in [1.82, 2.24) is 10.3 Å². The van der Waals surface area contributed by atoms with Crippen LogP contribution < -0.4 is 15.5 Å². The van der Waals surface area contributed by atoms with Gasteiger partial charge in [-0.2, -0.15) is 0 Å². The van der Waals surface area contributed by atoms with Gasteiger partial charge in [-0.1, -0.05) is 6.92 Å². The first-order chi connectivity index (χ1) is 8.13. The van der Waals surface area contributed by atoms with Crippen molar-refractivity contribution in [3.63, 3.8) is 0 Å². The number of hydrogen-bond acceptors (Lipinski definition) is 4. The molecule has 0 unspecified atom stereocenters. The standard InChI is InChI=1S/C12H20N4O/c1-4-7-13-9-12(17)15-10-5-6-11(14-8-10)16(2)3/h5-6,8,13H,4,7,9H2,1-3H3,(H,15,17). The number of amides is 1. The first kappa shape index (κ1) is 13.4. The largest absolute Gasteiger partial charge is 0.363 e. The molecule has 2 N–H and O–H groups in total. The second-order valence-corrected chi connectivity index (χ2v) is 4.02. The van der Waals surface area contributed by atoms with Crippen molar-refractivity contribution < 1.29 is 4.79 Å². The maximum Gasteiger partial charge on any atom is 0.238 e. The fourth-order valence-corrected chi connectivity index (χ4v) is 1.31. The van der Waals surface area contributed by atoms with Gasteiger partial charge in [0.15, 0.2) is 0 Å². The molecule has 1 rings (SSSR count). The molecular formula is C12H20N4O. The van der Waals surface area contributed by atoms with Gasteiger partial charge in [-0.15, -0.1) is 0 Å². The Morgan fingerprint density at radius 1 is 1.41 bits per heavy atom. The van der Waals surface area contributed by atoms with E-state index in [1.807, 2.05) is 31.1 Å². The van der Waals surface area contributed by atoms with Gasteiger partial charge in [0.2, 0.25) is 5.91 Å². The van der Waals surface area contributed by atoms with Gasteiger partial charge in [-0.05, 0) is 25.1 Å². The molecular weight excluding hydrogens is 216 g/mol. The van der Waals surface area contributed by atoms with E-state index in [9.17, 15) is 4.79 Å². The fraction of sp³-hybridized carbons (Fsp3) is 0.500. The van der Waals surface area contributed by atoms with Crippen molar-refractivity contribution in [1.29, 1.82) is 0 Å². The van der Waals surface area contributed by atoms with Gasteiger partial charge < -0.3 is 15.5 Å². The SMILES string of the molecule is CCCNCC(=O)Nc1ccc(N(C)C)nc1. The molecule has 1 aromatic heterocycles. The van der Waals surface area contributed by atoms with Crippen molar-refractivity contribution in [2.45, 2.75) is 13.3 Å². The average Bonchev–Trinajstić information content (AvgIpc) is 2.30. The first-order valence-corrected chi connectivity index (χ1v) is 5.77. The minimum Gasteiger partial charge on any atom is -0.363 e. The molecule has 0 aliphatic heterocycles. The van der Waals surface area contributed by atoms with Gasteiger partial charge in [0.1, 0.15) is 5.82 Å². The van der Waals surface area contributed by atoms with E-state index in [2.05, 4.69) is 22.5 Å². The van der Waals surface area contributed by atoms with Crippen LogP contribution in [0.5, 0.6) is 0 Å². The number of carbonyl (C=O) groups is 1. The van der Waals surface area contributed by atoms with Gasteiger partial charge in [-0.3, -0.25) is 4.79 Å². The Labute approximate surface area is 102 Å². The second-order valence-electron chi connectivity index (χ2n) is 4.02. The summed E-state index contributed by atoms with van der Waals surface area (Å²) in [5, 5.41) is 5.83. The summed E-state index contributed by atoms with van der Waals surface area (Å²) in [7, 11) is 3.85. The van der Waals surface area contributed by atoms with Crippen LogP contribution in [0.1, 0.15) is 13.3 Å². The molecule has 5 heteroatoms. The second kappa shape index (κ2) is 6.85. The van der Waals surface area contributed by atoms with Gasteiger partial charge in [0.25, 0.3) is 0 Å². The number of carbonyl (C=O) groups excluding carboxylic acids is 1. The number of pyridine rings is 1. The highest BCUT2D eigenvalue weighted by Crippen LogP contribution is 2.11. The van der Waals surface area contributed by atoms with Crippen LogP contribution in [0, 0.1) is 0 Å². The number of nitrogens with one attached hydrogen (secondary N) is 2. The van der Waals surface area contributed by atoms with E-state index in [0.29, 0.717) is 6.54 Å². The van der Waals surface area contributed by atoms with Crippen LogP contribution in [0.4, 0.5) is 11.5 Å². The van der Waals surface area contributed by atoms with E-state index in [1.54, 1.807) is 6.20 Å². The monoisotopic (exact) mass is 236 g/mol. The molecule has 0 saturated carbocycles. The van der Waals surface area contributed by atoms with E-state index in [4.69, 9.17) is 0 Å². The molecule has 0 aliphatic rings. The average molecular weight is 236 g/mol. The maximum absolute atomic E-state index is 11.5. The van der Waals surface area contributed by atoms with Gasteiger partial charge in [0, 0.05) is 14.1 Å². The lowest BCUT2D eigenvalue weighted by Crippen LogP contribution is -2.28. The van der Waals surface area contributed by atoms with Crippen LogP contribution in [-0.2, 0) is 4.79 Å². The highest BCUT2D eigenvalue weighted by atomic mass is 16.1. The van der Waals surface area contributed by atoms with Crippen molar-refractivity contribution in [3.8, 4) is 0 Å². The molecule has 0 aliphatic carbocycles. The third-order valence-electron chi connectivity index (χ3n) is 2.20. The molecule has 1 amide bonds. The summed E-state index contributed by atoms with van der Waals surface area (Å²) in [6.07, 6.45) is 2.68. The van der Waals surface area contributed by atoms with Crippen molar-refractivity contribution in [3.05, 3.63) is 18.3 Å². The molecule has 0 atom stereocenters. The van der Waals surface area contributed by atoms with Crippen molar-refractivity contribution in [2.75, 3.05) is 37.4 Å². The minimum absolute atomic E-state index is 0.0437. The quantitative estimate of drug-likeness (QED) is 0.726. The summed E-state index contributed by atoms with van der Waals surface area (Å²) >= 11 is 0. The lowest BCUT2D eigenvalue weighted by molar-refractivity contribution is -0.115. The van der Waals surface area contributed by atoms with Crippen molar-refractivity contribution in [2.24, 2.45) is 0 Å². The Balaban J connectivity index is 2.43. The molecule has 5 nitrogen and oxygen atoms in total. The Morgan fingerprint density at radius 2 is 2.18 bits per heavy atom. The Morgan fingerprint density at radius 3 is 2.71 bits per heavy atom. The lowest BCUT2D eigenvalue weighted by atomic mass is 10.4. The van der Waals surface area contributed by atoms with Gasteiger partial charge in [-0.25, -0.2) is 4.98 Å². The summed E-state index contributed by atoms with van der Waals surface area (Å²) in [6, 6.07) is 3.72. The zero-order valence-corrected chi connectivity index (χ0v) is 10.7. The van der Waals surface area contributed by atoms with Crippen LogP contribution >= 0.6 is 0 Å². The first-order valence-electron chi connectivity index (χ1n) is 5.77. The van der Waals surface area contributed by atoms with Crippen LogP contribution in [0.15, 0.2) is 18.3 Å². The van der Waals surface area contributed by atoms with Crippen molar-refractivity contribution >= 4 is 17.4 Å².